The van der Waals surface area contributed by atoms with Crippen molar-refractivity contribution in [3.05, 3.63) is 78.3 Å². The van der Waals surface area contributed by atoms with Gasteiger partial charge in [0.25, 0.3) is 0 Å². The molecule has 0 radical (unpaired) electrons. The molecule has 154 valence electrons. The summed E-state index contributed by atoms with van der Waals surface area (Å²) in [6, 6.07) is 17.1. The summed E-state index contributed by atoms with van der Waals surface area (Å²) in [5, 5.41) is 0. The number of aromatic nitrogens is 3. The Bertz CT molecular complexity index is 1010. The van der Waals surface area contributed by atoms with Crippen LogP contribution in [0.1, 0.15) is 11.1 Å². The van der Waals surface area contributed by atoms with Gasteiger partial charge in [0.05, 0.1) is 27.1 Å². The number of carbonyl (C=O) groups is 1. The molecule has 0 aliphatic carbocycles. The Morgan fingerprint density at radius 3 is 2.47 bits per heavy atom. The Hall–Kier alpha value is -3.94. The highest BCUT2D eigenvalue weighted by Crippen LogP contribution is 2.29. The molecule has 8 nitrogen and oxygen atoms in total. The minimum absolute atomic E-state index is 0.0359. The van der Waals surface area contributed by atoms with E-state index >= 15 is 0 Å². The first-order chi connectivity index (χ1) is 14.7. The van der Waals surface area contributed by atoms with E-state index in [-0.39, 0.29) is 17.6 Å². The van der Waals surface area contributed by atoms with Crippen LogP contribution >= 0.6 is 0 Å². The Labute approximate surface area is 174 Å². The van der Waals surface area contributed by atoms with Crippen LogP contribution in [0.5, 0.6) is 17.8 Å². The van der Waals surface area contributed by atoms with Crippen LogP contribution in [0.25, 0.3) is 5.57 Å². The highest BCUT2D eigenvalue weighted by atomic mass is 16.5. The van der Waals surface area contributed by atoms with Crippen molar-refractivity contribution >= 4 is 11.5 Å². The standard InChI is InChI=1S/C22H21N3O5/c1-27-14-18(20(26)28-2)17-10-6-7-11-19(17)30-22-24-15-23-21(25-22)29-13-12-16-8-4-3-5-9-16/h3-11,14-15H,12-13H2,1-2H3/b18-14+. The van der Waals surface area contributed by atoms with Crippen molar-refractivity contribution < 1.29 is 23.7 Å². The second-order valence-electron chi connectivity index (χ2n) is 5.99. The molecule has 0 N–H and O–H groups in total. The second-order valence-corrected chi connectivity index (χ2v) is 5.99. The number of nitrogens with zero attached hydrogens (tertiary/aromatic N) is 3. The molecular formula is C22H21N3O5. The summed E-state index contributed by atoms with van der Waals surface area (Å²) in [4.78, 5) is 24.3. The van der Waals surface area contributed by atoms with E-state index < -0.39 is 5.97 Å². The van der Waals surface area contributed by atoms with Gasteiger partial charge >= 0.3 is 18.0 Å². The summed E-state index contributed by atoms with van der Waals surface area (Å²) < 4.78 is 21.2. The van der Waals surface area contributed by atoms with Gasteiger partial charge in [0, 0.05) is 12.0 Å². The second kappa shape index (κ2) is 10.6. The van der Waals surface area contributed by atoms with Crippen molar-refractivity contribution in [2.24, 2.45) is 0 Å². The van der Waals surface area contributed by atoms with Crippen LogP contribution in [0.4, 0.5) is 0 Å². The molecule has 2 aromatic carbocycles. The quantitative estimate of drug-likeness (QED) is 0.303. The number of carbonyl (C=O) groups excluding carboxylic acids is 1. The first-order valence-electron chi connectivity index (χ1n) is 9.15. The van der Waals surface area contributed by atoms with Crippen molar-refractivity contribution in [1.82, 2.24) is 15.0 Å². The fraction of sp³-hybridized carbons (Fsp3) is 0.182. The zero-order valence-corrected chi connectivity index (χ0v) is 16.6. The molecular weight excluding hydrogens is 386 g/mol. The molecule has 0 spiro atoms. The van der Waals surface area contributed by atoms with Crippen molar-refractivity contribution in [3.8, 4) is 17.8 Å². The van der Waals surface area contributed by atoms with Crippen LogP contribution in [0, 0.1) is 0 Å². The van der Waals surface area contributed by atoms with E-state index in [9.17, 15) is 4.79 Å². The summed E-state index contributed by atoms with van der Waals surface area (Å²) in [6.45, 7) is 0.410. The molecule has 0 aliphatic heterocycles. The Kier molecular flexibility index (Phi) is 7.32. The van der Waals surface area contributed by atoms with Gasteiger partial charge in [-0.05, 0) is 11.6 Å². The molecule has 0 atom stereocenters. The van der Waals surface area contributed by atoms with Gasteiger partial charge in [0.2, 0.25) is 0 Å². The van der Waals surface area contributed by atoms with Gasteiger partial charge in [-0.2, -0.15) is 9.97 Å². The molecule has 1 aromatic heterocycles. The average molecular weight is 407 g/mol. The Morgan fingerprint density at radius 2 is 1.70 bits per heavy atom. The van der Waals surface area contributed by atoms with Gasteiger partial charge in [0.15, 0.2) is 0 Å². The van der Waals surface area contributed by atoms with E-state index in [0.29, 0.717) is 17.9 Å². The Morgan fingerprint density at radius 1 is 0.967 bits per heavy atom. The summed E-state index contributed by atoms with van der Waals surface area (Å²) >= 11 is 0. The van der Waals surface area contributed by atoms with Crippen molar-refractivity contribution in [2.45, 2.75) is 6.42 Å². The highest BCUT2D eigenvalue weighted by molar-refractivity contribution is 6.17. The predicted octanol–water partition coefficient (Wildman–Crippen LogP) is 3.45. The van der Waals surface area contributed by atoms with E-state index in [1.54, 1.807) is 24.3 Å². The topological polar surface area (TPSA) is 92.7 Å². The normalized spacial score (nSPS) is 10.9. The molecule has 0 bridgehead atoms. The number of rotatable bonds is 9. The third-order valence-electron chi connectivity index (χ3n) is 4.01. The van der Waals surface area contributed by atoms with Gasteiger partial charge in [0.1, 0.15) is 17.6 Å². The van der Waals surface area contributed by atoms with Crippen molar-refractivity contribution in [1.29, 1.82) is 0 Å². The monoisotopic (exact) mass is 407 g/mol. The number of hydrogen-bond donors (Lipinski definition) is 0. The zero-order valence-electron chi connectivity index (χ0n) is 16.6. The molecule has 30 heavy (non-hydrogen) atoms. The molecule has 0 saturated heterocycles. The predicted molar refractivity (Wildman–Crippen MR) is 109 cm³/mol. The molecule has 0 unspecified atom stereocenters. The average Bonchev–Trinajstić information content (AvgIpc) is 2.78. The first-order valence-corrected chi connectivity index (χ1v) is 9.15. The lowest BCUT2D eigenvalue weighted by molar-refractivity contribution is -0.133. The number of esters is 1. The zero-order chi connectivity index (χ0) is 21.2. The lowest BCUT2D eigenvalue weighted by atomic mass is 10.1. The lowest BCUT2D eigenvalue weighted by Crippen LogP contribution is -2.07. The molecule has 0 aliphatic rings. The fourth-order valence-electron chi connectivity index (χ4n) is 2.62. The van der Waals surface area contributed by atoms with Crippen LogP contribution in [-0.2, 0) is 20.7 Å². The fourth-order valence-corrected chi connectivity index (χ4v) is 2.62. The number of methoxy groups -OCH3 is 2. The Balaban J connectivity index is 1.73. The maximum absolute atomic E-state index is 12.1. The third kappa shape index (κ3) is 5.54. The summed E-state index contributed by atoms with van der Waals surface area (Å²) in [7, 11) is 2.73. The van der Waals surface area contributed by atoms with Crippen LogP contribution in [0.2, 0.25) is 0 Å². The number of benzene rings is 2. The number of hydrogen-bond acceptors (Lipinski definition) is 8. The van der Waals surface area contributed by atoms with Crippen LogP contribution < -0.4 is 9.47 Å². The van der Waals surface area contributed by atoms with E-state index in [0.717, 1.165) is 12.0 Å². The number of para-hydroxylation sites is 1. The molecule has 0 fully saturated rings. The first kappa shape index (κ1) is 20.8. The van der Waals surface area contributed by atoms with E-state index in [1.165, 1.54) is 26.8 Å². The van der Waals surface area contributed by atoms with E-state index in [1.807, 2.05) is 30.3 Å². The maximum atomic E-state index is 12.1. The maximum Gasteiger partial charge on any atom is 0.341 e. The van der Waals surface area contributed by atoms with Crippen LogP contribution in [0.15, 0.2) is 67.2 Å². The van der Waals surface area contributed by atoms with E-state index in [4.69, 9.17) is 18.9 Å². The molecule has 0 saturated carbocycles. The summed E-state index contributed by atoms with van der Waals surface area (Å²) in [6.07, 6.45) is 3.31. The summed E-state index contributed by atoms with van der Waals surface area (Å²) in [5.41, 5.74) is 1.82. The minimum Gasteiger partial charge on any atom is -0.503 e. The number of ether oxygens (including phenoxy) is 4. The SMILES string of the molecule is CO/C=C(/C(=O)OC)c1ccccc1Oc1ncnc(OCCc2ccccc2)n1. The van der Waals surface area contributed by atoms with Gasteiger partial charge in [-0.25, -0.2) is 4.79 Å². The largest absolute Gasteiger partial charge is 0.503 e. The van der Waals surface area contributed by atoms with Crippen LogP contribution in [-0.4, -0.2) is 41.7 Å². The summed E-state index contributed by atoms with van der Waals surface area (Å²) in [5.74, 6) is -0.207. The van der Waals surface area contributed by atoms with Gasteiger partial charge in [-0.3, -0.25) is 0 Å². The minimum atomic E-state index is -0.562. The van der Waals surface area contributed by atoms with Gasteiger partial charge in [-0.1, -0.05) is 48.5 Å². The molecule has 1 heterocycles. The molecule has 3 aromatic rings. The highest BCUT2D eigenvalue weighted by Gasteiger charge is 2.18. The van der Waals surface area contributed by atoms with Crippen molar-refractivity contribution in [2.75, 3.05) is 20.8 Å². The molecule has 3 rings (SSSR count). The molecule has 0 amide bonds. The van der Waals surface area contributed by atoms with Crippen LogP contribution in [0.3, 0.4) is 0 Å². The smallest absolute Gasteiger partial charge is 0.341 e. The van der Waals surface area contributed by atoms with E-state index in [2.05, 4.69) is 15.0 Å². The lowest BCUT2D eigenvalue weighted by Gasteiger charge is -2.12. The van der Waals surface area contributed by atoms with Gasteiger partial charge < -0.3 is 18.9 Å². The third-order valence-corrected chi connectivity index (χ3v) is 4.01. The van der Waals surface area contributed by atoms with Crippen molar-refractivity contribution in [3.63, 3.8) is 0 Å². The molecule has 8 heteroatoms. The van der Waals surface area contributed by atoms with Gasteiger partial charge in [-0.15, -0.1) is 4.98 Å².